The Morgan fingerprint density at radius 1 is 0.636 bits per heavy atom. The van der Waals surface area contributed by atoms with E-state index in [1.54, 1.807) is 11.1 Å². The van der Waals surface area contributed by atoms with Gasteiger partial charge in [-0.2, -0.15) is 0 Å². The molecule has 2 unspecified atom stereocenters. The average molecular weight is 451 g/mol. The molecule has 4 rings (SSSR count). The highest BCUT2D eigenvalue weighted by Crippen LogP contribution is 2.45. The van der Waals surface area contributed by atoms with Crippen molar-refractivity contribution < 1.29 is 0 Å². The third-order valence-corrected chi connectivity index (χ3v) is 11.0. The lowest BCUT2D eigenvalue weighted by atomic mass is 9.65. The van der Waals surface area contributed by atoms with Crippen molar-refractivity contribution in [3.8, 4) is 0 Å². The molecule has 3 aliphatic carbocycles. The zero-order valence-electron chi connectivity index (χ0n) is 22.5. The van der Waals surface area contributed by atoms with Gasteiger partial charge in [0.05, 0.1) is 0 Å². The van der Waals surface area contributed by atoms with Crippen LogP contribution in [0.25, 0.3) is 0 Å². The molecular weight excluding hydrogens is 396 g/mol. The van der Waals surface area contributed by atoms with E-state index in [2.05, 4.69) is 52.0 Å². The molecule has 0 N–H and O–H groups in total. The van der Waals surface area contributed by atoms with E-state index >= 15 is 0 Å². The van der Waals surface area contributed by atoms with Crippen molar-refractivity contribution in [3.63, 3.8) is 0 Å². The second-order valence-corrected chi connectivity index (χ2v) is 12.7. The van der Waals surface area contributed by atoms with Crippen LogP contribution in [0.4, 0.5) is 0 Å². The van der Waals surface area contributed by atoms with Crippen LogP contribution >= 0.6 is 0 Å². The Morgan fingerprint density at radius 3 is 1.70 bits per heavy atom. The molecule has 1 aromatic rings. The van der Waals surface area contributed by atoms with Crippen LogP contribution in [-0.2, 0) is 0 Å². The fraction of sp³-hybridized carbons (Fsp3) is 0.818. The van der Waals surface area contributed by atoms with Crippen LogP contribution in [0.3, 0.4) is 0 Å². The standard InChI is InChI=1S/C33H54/c1-5-7-27-10-12-28(13-11-27)24(3)29-16-18-30(19-17-29)25(4)31-20-22-33(23-21-31)32-14-8-26(6-2)9-15-32/h20-30,32H,5-19H2,1-4H3/t24?,25?,26-,27?,28?,29?,30?,32-. The Hall–Kier alpha value is -0.780. The van der Waals surface area contributed by atoms with Gasteiger partial charge in [-0.25, -0.2) is 0 Å². The lowest BCUT2D eigenvalue weighted by Gasteiger charge is -2.40. The average Bonchev–Trinajstić information content (AvgIpc) is 2.89. The first kappa shape index (κ1) is 25.3. The number of benzene rings is 1. The third kappa shape index (κ3) is 6.46. The molecule has 0 saturated heterocycles. The van der Waals surface area contributed by atoms with Crippen LogP contribution in [0.2, 0.25) is 0 Å². The van der Waals surface area contributed by atoms with Crippen LogP contribution in [-0.4, -0.2) is 0 Å². The van der Waals surface area contributed by atoms with E-state index in [0.29, 0.717) is 0 Å². The van der Waals surface area contributed by atoms with Crippen molar-refractivity contribution in [2.75, 3.05) is 0 Å². The van der Waals surface area contributed by atoms with Gasteiger partial charge in [0.1, 0.15) is 0 Å². The van der Waals surface area contributed by atoms with E-state index < -0.39 is 0 Å². The van der Waals surface area contributed by atoms with E-state index in [1.807, 2.05) is 0 Å². The van der Waals surface area contributed by atoms with E-state index in [-0.39, 0.29) is 0 Å². The first-order valence-corrected chi connectivity index (χ1v) is 15.2. The molecule has 0 heterocycles. The highest BCUT2D eigenvalue weighted by Gasteiger charge is 2.33. The molecule has 0 spiro atoms. The van der Waals surface area contributed by atoms with E-state index in [1.165, 1.54) is 96.3 Å². The van der Waals surface area contributed by atoms with Crippen molar-refractivity contribution in [2.45, 2.75) is 136 Å². The van der Waals surface area contributed by atoms with Crippen molar-refractivity contribution in [2.24, 2.45) is 35.5 Å². The highest BCUT2D eigenvalue weighted by atomic mass is 14.4. The Morgan fingerprint density at radius 2 is 1.15 bits per heavy atom. The molecule has 3 saturated carbocycles. The lowest BCUT2D eigenvalue weighted by Crippen LogP contribution is -2.29. The molecule has 0 bridgehead atoms. The molecule has 0 amide bonds. The Kier molecular flexibility index (Phi) is 9.41. The smallest absolute Gasteiger partial charge is 0.0162 e. The summed E-state index contributed by atoms with van der Waals surface area (Å²) in [7, 11) is 0. The topological polar surface area (TPSA) is 0 Å². The minimum atomic E-state index is 0.732. The minimum absolute atomic E-state index is 0.732. The van der Waals surface area contributed by atoms with Crippen LogP contribution in [0.15, 0.2) is 24.3 Å². The Labute approximate surface area is 206 Å². The van der Waals surface area contributed by atoms with Gasteiger partial charge in [0.25, 0.3) is 0 Å². The monoisotopic (exact) mass is 450 g/mol. The molecule has 0 aliphatic heterocycles. The van der Waals surface area contributed by atoms with Crippen molar-refractivity contribution >= 4 is 0 Å². The van der Waals surface area contributed by atoms with E-state index in [9.17, 15) is 0 Å². The SMILES string of the molecule is CCCC1CCC(C(C)C2CCC(C(C)c3ccc([C@H]4CC[C@H](CC)CC4)cc3)CC2)CC1. The van der Waals surface area contributed by atoms with Gasteiger partial charge in [0.15, 0.2) is 0 Å². The first-order valence-electron chi connectivity index (χ1n) is 15.2. The second-order valence-electron chi connectivity index (χ2n) is 12.7. The first-order chi connectivity index (χ1) is 16.1. The highest BCUT2D eigenvalue weighted by molar-refractivity contribution is 5.28. The van der Waals surface area contributed by atoms with Gasteiger partial charge < -0.3 is 0 Å². The summed E-state index contributed by atoms with van der Waals surface area (Å²) < 4.78 is 0. The van der Waals surface area contributed by atoms with Crippen LogP contribution < -0.4 is 0 Å². The molecule has 33 heavy (non-hydrogen) atoms. The summed E-state index contributed by atoms with van der Waals surface area (Å²) in [6, 6.07) is 9.97. The van der Waals surface area contributed by atoms with Gasteiger partial charge in [-0.1, -0.05) is 84.1 Å². The minimum Gasteiger partial charge on any atom is -0.0654 e. The van der Waals surface area contributed by atoms with Gasteiger partial charge in [0, 0.05) is 0 Å². The Balaban J connectivity index is 1.23. The molecule has 0 nitrogen and oxygen atoms in total. The molecule has 0 heteroatoms. The molecule has 186 valence electrons. The fourth-order valence-corrected chi connectivity index (χ4v) is 8.21. The predicted octanol–water partition coefficient (Wildman–Crippen LogP) is 10.5. The van der Waals surface area contributed by atoms with Crippen molar-refractivity contribution in [1.82, 2.24) is 0 Å². The maximum atomic E-state index is 2.62. The third-order valence-electron chi connectivity index (χ3n) is 11.0. The van der Waals surface area contributed by atoms with Gasteiger partial charge >= 0.3 is 0 Å². The molecule has 2 atom stereocenters. The van der Waals surface area contributed by atoms with Crippen LogP contribution in [0.5, 0.6) is 0 Å². The zero-order valence-corrected chi connectivity index (χ0v) is 22.5. The summed E-state index contributed by atoms with van der Waals surface area (Å²) in [6.07, 6.45) is 21.9. The maximum Gasteiger partial charge on any atom is -0.0162 e. The molecule has 3 aliphatic rings. The molecule has 1 aromatic carbocycles. The predicted molar refractivity (Wildman–Crippen MR) is 145 cm³/mol. The summed E-state index contributed by atoms with van der Waals surface area (Å²) in [5.41, 5.74) is 3.22. The molecular formula is C33H54. The molecule has 0 radical (unpaired) electrons. The summed E-state index contributed by atoms with van der Waals surface area (Å²) in [6.45, 7) is 9.87. The summed E-state index contributed by atoms with van der Waals surface area (Å²) in [4.78, 5) is 0. The summed E-state index contributed by atoms with van der Waals surface area (Å²) in [5.74, 6) is 7.49. The van der Waals surface area contributed by atoms with E-state index in [0.717, 1.165) is 47.3 Å². The number of hydrogen-bond donors (Lipinski definition) is 0. The fourth-order valence-electron chi connectivity index (χ4n) is 8.21. The van der Waals surface area contributed by atoms with Gasteiger partial charge in [-0.15, -0.1) is 0 Å². The van der Waals surface area contributed by atoms with Crippen molar-refractivity contribution in [1.29, 1.82) is 0 Å². The summed E-state index contributed by atoms with van der Waals surface area (Å²) in [5, 5.41) is 0. The molecule has 3 fully saturated rings. The van der Waals surface area contributed by atoms with Crippen LogP contribution in [0, 0.1) is 35.5 Å². The lowest BCUT2D eigenvalue weighted by molar-refractivity contribution is 0.118. The number of hydrogen-bond acceptors (Lipinski definition) is 0. The van der Waals surface area contributed by atoms with Gasteiger partial charge in [0.2, 0.25) is 0 Å². The van der Waals surface area contributed by atoms with E-state index in [4.69, 9.17) is 0 Å². The maximum absolute atomic E-state index is 2.62. The summed E-state index contributed by atoms with van der Waals surface area (Å²) >= 11 is 0. The second kappa shape index (κ2) is 12.3. The molecule has 0 aromatic heterocycles. The normalized spacial score (nSPS) is 35.2. The van der Waals surface area contributed by atoms with Crippen molar-refractivity contribution in [3.05, 3.63) is 35.4 Å². The quantitative estimate of drug-likeness (QED) is 0.369. The Bertz CT molecular complexity index is 662. The number of rotatable bonds is 8. The van der Waals surface area contributed by atoms with Crippen LogP contribution in [0.1, 0.15) is 147 Å². The largest absolute Gasteiger partial charge is 0.0654 e. The van der Waals surface area contributed by atoms with Gasteiger partial charge in [-0.05, 0) is 123 Å². The zero-order chi connectivity index (χ0) is 23.2. The van der Waals surface area contributed by atoms with Gasteiger partial charge in [-0.3, -0.25) is 0 Å².